The smallest absolute Gasteiger partial charge is 0.319 e. The average Bonchev–Trinajstić information content (AvgIpc) is 3.25. The SMILES string of the molecule is CCOC(=O)CN[C@@H](Cc1ccccc1)C(=O)Cc1cccc(-c2cncnc2)c1.O=C(O)CN[C@@H](Cc1ccccc1)C(=O)Cc1cccc(-c2cncnc2)c1. The van der Waals surface area contributed by atoms with Crippen LogP contribution >= 0.6 is 0 Å². The quantitative estimate of drug-likeness (QED) is 0.0876. The van der Waals surface area contributed by atoms with Gasteiger partial charge in [0.1, 0.15) is 12.7 Å². The topological polar surface area (TPSA) is 173 Å². The van der Waals surface area contributed by atoms with Crippen LogP contribution in [0.25, 0.3) is 22.3 Å². The molecule has 12 heteroatoms. The van der Waals surface area contributed by atoms with E-state index in [1.54, 1.807) is 31.7 Å². The Kier molecular flexibility index (Phi) is 16.6. The zero-order valence-corrected chi connectivity index (χ0v) is 32.2. The molecule has 0 saturated carbocycles. The molecule has 0 unspecified atom stereocenters. The van der Waals surface area contributed by atoms with E-state index in [-0.39, 0.29) is 43.5 Å². The molecule has 0 bridgehead atoms. The van der Waals surface area contributed by atoms with Crippen molar-refractivity contribution >= 4 is 23.5 Å². The highest BCUT2D eigenvalue weighted by molar-refractivity contribution is 5.88. The second kappa shape index (κ2) is 22.7. The Hall–Kier alpha value is -6.76. The molecule has 0 aliphatic heterocycles. The van der Waals surface area contributed by atoms with E-state index in [1.807, 2.05) is 109 Å². The summed E-state index contributed by atoms with van der Waals surface area (Å²) >= 11 is 0. The van der Waals surface area contributed by atoms with Gasteiger partial charge in [-0.3, -0.25) is 29.8 Å². The maximum atomic E-state index is 13.1. The highest BCUT2D eigenvalue weighted by atomic mass is 16.5. The molecule has 6 rings (SSSR count). The number of hydrogen-bond donors (Lipinski definition) is 3. The van der Waals surface area contributed by atoms with E-state index in [2.05, 4.69) is 30.6 Å². The molecule has 6 aromatic rings. The second-order valence-electron chi connectivity index (χ2n) is 13.4. The monoisotopic (exact) mass is 778 g/mol. The Morgan fingerprint density at radius 3 is 1.38 bits per heavy atom. The summed E-state index contributed by atoms with van der Waals surface area (Å²) in [5.41, 5.74) is 7.44. The van der Waals surface area contributed by atoms with Gasteiger partial charge < -0.3 is 9.84 Å². The summed E-state index contributed by atoms with van der Waals surface area (Å²) in [6.07, 6.45) is 11.3. The summed E-state index contributed by atoms with van der Waals surface area (Å²) in [7, 11) is 0. The molecule has 3 N–H and O–H groups in total. The Morgan fingerprint density at radius 1 is 0.552 bits per heavy atom. The number of nitrogens with one attached hydrogen (secondary N) is 2. The minimum absolute atomic E-state index is 0.00151. The normalized spacial score (nSPS) is 11.7. The number of ether oxygens (including phenoxy) is 1. The van der Waals surface area contributed by atoms with Gasteiger partial charge in [0.2, 0.25) is 0 Å². The number of benzene rings is 4. The number of nitrogens with zero attached hydrogens (tertiary/aromatic N) is 4. The number of aliphatic carboxylic acids is 1. The molecule has 0 spiro atoms. The van der Waals surface area contributed by atoms with E-state index in [0.29, 0.717) is 19.4 Å². The van der Waals surface area contributed by atoms with Crippen molar-refractivity contribution in [1.82, 2.24) is 30.6 Å². The third-order valence-electron chi connectivity index (χ3n) is 9.04. The Morgan fingerprint density at radius 2 is 0.966 bits per heavy atom. The lowest BCUT2D eigenvalue weighted by atomic mass is 9.96. The Balaban J connectivity index is 0.000000221. The summed E-state index contributed by atoms with van der Waals surface area (Å²) in [5.74, 6) is -1.39. The van der Waals surface area contributed by atoms with Crippen LogP contribution in [0, 0.1) is 0 Å². The minimum Gasteiger partial charge on any atom is -0.480 e. The molecule has 0 radical (unpaired) electrons. The first-order chi connectivity index (χ1) is 28.3. The fourth-order valence-corrected chi connectivity index (χ4v) is 6.20. The number of aromatic nitrogens is 4. The van der Waals surface area contributed by atoms with Crippen LogP contribution in [0.1, 0.15) is 29.2 Å². The third kappa shape index (κ3) is 14.1. The van der Waals surface area contributed by atoms with Crippen LogP contribution < -0.4 is 10.6 Å². The van der Waals surface area contributed by atoms with Crippen LogP contribution in [0.15, 0.2) is 147 Å². The average molecular weight is 779 g/mol. The number of ketones is 2. The number of carboxylic acid groups (broad SMARTS) is 1. The van der Waals surface area contributed by atoms with Crippen molar-refractivity contribution in [2.24, 2.45) is 0 Å². The number of rotatable bonds is 19. The number of carbonyl (C=O) groups is 4. The zero-order valence-electron chi connectivity index (χ0n) is 32.2. The van der Waals surface area contributed by atoms with Crippen LogP contribution in [-0.4, -0.2) is 80.3 Å². The van der Waals surface area contributed by atoms with Gasteiger partial charge in [0.05, 0.1) is 31.8 Å². The number of hydrogen-bond acceptors (Lipinski definition) is 11. The van der Waals surface area contributed by atoms with E-state index in [1.165, 1.54) is 12.7 Å². The maximum Gasteiger partial charge on any atom is 0.319 e. The standard InChI is InChI=1S/C24H25N3O3.C22H21N3O3/c1-2-30-24(29)16-27-22(12-18-7-4-3-5-8-18)23(28)13-19-9-6-10-20(11-19)21-14-25-17-26-15-21;26-21(20(25-14-22(27)28)10-16-5-2-1-3-6-16)11-17-7-4-8-18(9-17)19-12-23-15-24-13-19/h3-11,14-15,17,22,27H,2,12-13,16H2,1H3;1-9,12-13,15,20,25H,10-11,14H2,(H,27,28)/t22-;20-/m00/s1. The molecule has 2 aromatic heterocycles. The molecule has 296 valence electrons. The van der Waals surface area contributed by atoms with Crippen molar-refractivity contribution in [3.63, 3.8) is 0 Å². The van der Waals surface area contributed by atoms with Crippen LogP contribution in [0.3, 0.4) is 0 Å². The molecule has 4 aromatic carbocycles. The number of esters is 1. The molecular weight excluding hydrogens is 733 g/mol. The second-order valence-corrected chi connectivity index (χ2v) is 13.4. The first kappa shape index (κ1) is 42.4. The van der Waals surface area contributed by atoms with Crippen molar-refractivity contribution in [2.75, 3.05) is 19.7 Å². The van der Waals surface area contributed by atoms with Gasteiger partial charge in [0.25, 0.3) is 0 Å². The molecule has 0 amide bonds. The molecule has 58 heavy (non-hydrogen) atoms. The maximum absolute atomic E-state index is 13.1. The lowest BCUT2D eigenvalue weighted by molar-refractivity contribution is -0.142. The van der Waals surface area contributed by atoms with E-state index in [9.17, 15) is 19.2 Å². The van der Waals surface area contributed by atoms with Crippen LogP contribution in [0.4, 0.5) is 0 Å². The molecule has 12 nitrogen and oxygen atoms in total. The van der Waals surface area contributed by atoms with E-state index in [4.69, 9.17) is 9.84 Å². The van der Waals surface area contributed by atoms with Gasteiger partial charge >= 0.3 is 11.9 Å². The summed E-state index contributed by atoms with van der Waals surface area (Å²) in [6, 6.07) is 33.7. The predicted octanol–water partition coefficient (Wildman–Crippen LogP) is 5.56. The Bertz CT molecular complexity index is 2210. The van der Waals surface area contributed by atoms with Crippen molar-refractivity contribution < 1.29 is 29.0 Å². The molecular formula is C46H46N6O6. The molecule has 0 aliphatic carbocycles. The first-order valence-corrected chi connectivity index (χ1v) is 18.9. The zero-order chi connectivity index (χ0) is 41.0. The van der Waals surface area contributed by atoms with Crippen molar-refractivity contribution in [1.29, 1.82) is 0 Å². The fraction of sp³-hybridized carbons (Fsp3) is 0.217. The van der Waals surface area contributed by atoms with Gasteiger partial charge in [0.15, 0.2) is 11.6 Å². The van der Waals surface area contributed by atoms with Crippen LogP contribution in [0.2, 0.25) is 0 Å². The van der Waals surface area contributed by atoms with Gasteiger partial charge in [-0.2, -0.15) is 0 Å². The predicted molar refractivity (Wildman–Crippen MR) is 221 cm³/mol. The third-order valence-corrected chi connectivity index (χ3v) is 9.04. The minimum atomic E-state index is -0.989. The van der Waals surface area contributed by atoms with Crippen LogP contribution in [0.5, 0.6) is 0 Å². The molecule has 0 saturated heterocycles. The van der Waals surface area contributed by atoms with Crippen molar-refractivity contribution in [3.05, 3.63) is 169 Å². The molecule has 0 fully saturated rings. The van der Waals surface area contributed by atoms with Gasteiger partial charge in [-0.25, -0.2) is 19.9 Å². The molecule has 2 heterocycles. The highest BCUT2D eigenvalue weighted by Gasteiger charge is 2.22. The summed E-state index contributed by atoms with van der Waals surface area (Å²) in [5, 5.41) is 14.9. The summed E-state index contributed by atoms with van der Waals surface area (Å²) in [4.78, 5) is 64.9. The van der Waals surface area contributed by atoms with Gasteiger partial charge in [-0.05, 0) is 53.1 Å². The lowest BCUT2D eigenvalue weighted by Crippen LogP contribution is -2.42. The number of carbonyl (C=O) groups excluding carboxylic acids is 3. The number of carboxylic acids is 1. The molecule has 0 aliphatic rings. The first-order valence-electron chi connectivity index (χ1n) is 18.9. The Labute approximate surface area is 337 Å². The van der Waals surface area contributed by atoms with Crippen LogP contribution in [-0.2, 0) is 49.6 Å². The van der Waals surface area contributed by atoms with Crippen molar-refractivity contribution in [2.45, 2.75) is 44.7 Å². The van der Waals surface area contributed by atoms with E-state index >= 15 is 0 Å². The van der Waals surface area contributed by atoms with Gasteiger partial charge in [-0.15, -0.1) is 0 Å². The largest absolute Gasteiger partial charge is 0.480 e. The van der Waals surface area contributed by atoms with E-state index in [0.717, 1.165) is 44.5 Å². The highest BCUT2D eigenvalue weighted by Crippen LogP contribution is 2.21. The van der Waals surface area contributed by atoms with Gasteiger partial charge in [0, 0.05) is 48.8 Å². The summed E-state index contributed by atoms with van der Waals surface area (Å²) in [6.45, 7) is 1.81. The fourth-order valence-electron chi connectivity index (χ4n) is 6.20. The molecule has 2 atom stereocenters. The summed E-state index contributed by atoms with van der Waals surface area (Å²) < 4.78 is 4.98. The van der Waals surface area contributed by atoms with E-state index < -0.39 is 18.1 Å². The van der Waals surface area contributed by atoms with Gasteiger partial charge in [-0.1, -0.05) is 109 Å². The lowest BCUT2D eigenvalue weighted by Gasteiger charge is -2.18. The van der Waals surface area contributed by atoms with Crippen molar-refractivity contribution in [3.8, 4) is 22.3 Å². The number of Topliss-reactive ketones (excluding diaryl/α,β-unsaturated/α-hetero) is 2.